The van der Waals surface area contributed by atoms with Crippen molar-refractivity contribution in [1.29, 1.82) is 0 Å². The van der Waals surface area contributed by atoms with Gasteiger partial charge in [-0.1, -0.05) is 43.5 Å². The first-order chi connectivity index (χ1) is 7.56. The fourth-order valence-electron chi connectivity index (χ4n) is 1.35. The van der Waals surface area contributed by atoms with Crippen LogP contribution in [0.15, 0.2) is 34.8 Å². The summed E-state index contributed by atoms with van der Waals surface area (Å²) in [6.45, 7) is 0. The highest BCUT2D eigenvalue weighted by Crippen LogP contribution is 2.37. The van der Waals surface area contributed by atoms with Crippen molar-refractivity contribution < 1.29 is 4.39 Å². The lowest BCUT2D eigenvalue weighted by Crippen LogP contribution is -1.91. The molecule has 2 aromatic rings. The Morgan fingerprint density at radius 1 is 1.25 bits per heavy atom. The van der Waals surface area contributed by atoms with Crippen LogP contribution >= 0.6 is 54.8 Å². The molecule has 1 unspecified atom stereocenters. The number of benzene rings is 1. The maximum absolute atomic E-state index is 13.2. The molecule has 2 rings (SSSR count). The summed E-state index contributed by atoms with van der Waals surface area (Å²) < 4.78 is 14.7. The third-order valence-corrected chi connectivity index (χ3v) is 5.10. The van der Waals surface area contributed by atoms with Gasteiger partial charge in [-0.15, -0.1) is 11.3 Å². The molecule has 1 aromatic heterocycles. The molecule has 0 N–H and O–H groups in total. The van der Waals surface area contributed by atoms with E-state index in [0.717, 1.165) is 19.2 Å². The molecule has 0 amide bonds. The maximum atomic E-state index is 13.2. The summed E-state index contributed by atoms with van der Waals surface area (Å²) in [7, 11) is 0. The minimum absolute atomic E-state index is 0.0306. The number of halogens is 4. The molecule has 5 heteroatoms. The largest absolute Gasteiger partial charge is 0.207 e. The maximum Gasteiger partial charge on any atom is 0.124 e. The lowest BCUT2D eigenvalue weighted by Gasteiger charge is -2.08. The zero-order chi connectivity index (χ0) is 11.7. The molecule has 0 aliphatic rings. The van der Waals surface area contributed by atoms with E-state index in [1.165, 1.54) is 23.5 Å². The summed E-state index contributed by atoms with van der Waals surface area (Å²) in [6.07, 6.45) is 0. The van der Waals surface area contributed by atoms with Crippen molar-refractivity contribution >= 4 is 54.8 Å². The summed E-state index contributed by atoms with van der Waals surface area (Å²) in [4.78, 5) is 1.03. The van der Waals surface area contributed by atoms with Crippen LogP contribution in [-0.2, 0) is 0 Å². The average molecular weight is 384 g/mol. The molecule has 0 saturated carbocycles. The van der Waals surface area contributed by atoms with Crippen molar-refractivity contribution in [1.82, 2.24) is 0 Å². The van der Waals surface area contributed by atoms with E-state index >= 15 is 0 Å². The van der Waals surface area contributed by atoms with E-state index in [4.69, 9.17) is 11.6 Å². The fraction of sp³-hybridized carbons (Fsp3) is 0.0909. The molecule has 84 valence electrons. The van der Waals surface area contributed by atoms with Gasteiger partial charge < -0.3 is 0 Å². The van der Waals surface area contributed by atoms with Gasteiger partial charge in [-0.25, -0.2) is 4.39 Å². The summed E-state index contributed by atoms with van der Waals surface area (Å²) in [5.41, 5.74) is 0.866. The van der Waals surface area contributed by atoms with E-state index in [9.17, 15) is 4.39 Å². The van der Waals surface area contributed by atoms with E-state index in [0.29, 0.717) is 0 Å². The van der Waals surface area contributed by atoms with E-state index in [-0.39, 0.29) is 10.6 Å². The Hall–Kier alpha value is 0.1000. The molecular formula is C11H6Br2ClFS. The molecule has 0 saturated heterocycles. The molecule has 0 nitrogen and oxygen atoms in total. The molecule has 0 aliphatic carbocycles. The molecule has 0 bridgehead atoms. The summed E-state index contributed by atoms with van der Waals surface area (Å²) in [5, 5.41) is 0. The second-order valence-corrected chi connectivity index (χ2v) is 6.79. The highest BCUT2D eigenvalue weighted by Gasteiger charge is 2.14. The SMILES string of the molecule is Fc1cc(Br)cc(C(Br)c2ccc(Cl)s2)c1. The monoisotopic (exact) mass is 382 g/mol. The number of rotatable bonds is 2. The number of thiophene rings is 1. The van der Waals surface area contributed by atoms with Gasteiger partial charge in [0.1, 0.15) is 5.82 Å². The minimum atomic E-state index is -0.253. The van der Waals surface area contributed by atoms with E-state index in [1.807, 2.05) is 18.2 Å². The van der Waals surface area contributed by atoms with Crippen molar-refractivity contribution in [2.75, 3.05) is 0 Å². The number of hydrogen-bond acceptors (Lipinski definition) is 1. The molecule has 0 fully saturated rings. The first-order valence-corrected chi connectivity index (χ1v) is 7.32. The third-order valence-electron chi connectivity index (χ3n) is 2.02. The Morgan fingerprint density at radius 3 is 2.56 bits per heavy atom. The van der Waals surface area contributed by atoms with Crippen LogP contribution in [0, 0.1) is 5.82 Å². The van der Waals surface area contributed by atoms with Gasteiger partial charge in [-0.2, -0.15) is 0 Å². The topological polar surface area (TPSA) is 0 Å². The van der Waals surface area contributed by atoms with Gasteiger partial charge in [-0.3, -0.25) is 0 Å². The van der Waals surface area contributed by atoms with Crippen LogP contribution in [0.1, 0.15) is 15.3 Å². The van der Waals surface area contributed by atoms with Gasteiger partial charge >= 0.3 is 0 Å². The van der Waals surface area contributed by atoms with E-state index < -0.39 is 0 Å². The molecule has 1 aromatic carbocycles. The van der Waals surface area contributed by atoms with Crippen LogP contribution in [0.5, 0.6) is 0 Å². The van der Waals surface area contributed by atoms with Gasteiger partial charge in [0.05, 0.1) is 9.16 Å². The van der Waals surface area contributed by atoms with Crippen LogP contribution < -0.4 is 0 Å². The van der Waals surface area contributed by atoms with Crippen molar-refractivity contribution in [3.8, 4) is 0 Å². The smallest absolute Gasteiger partial charge is 0.124 e. The quantitative estimate of drug-likeness (QED) is 0.575. The van der Waals surface area contributed by atoms with Gasteiger partial charge in [0, 0.05) is 9.35 Å². The zero-order valence-electron chi connectivity index (χ0n) is 7.88. The first kappa shape index (κ1) is 12.6. The van der Waals surface area contributed by atoms with Crippen LogP contribution in [0.4, 0.5) is 4.39 Å². The minimum Gasteiger partial charge on any atom is -0.207 e. The first-order valence-electron chi connectivity index (χ1n) is 4.41. The molecule has 1 heterocycles. The van der Waals surface area contributed by atoms with Crippen molar-refractivity contribution in [2.45, 2.75) is 4.83 Å². The Balaban J connectivity index is 2.37. The van der Waals surface area contributed by atoms with Crippen molar-refractivity contribution in [3.63, 3.8) is 0 Å². The van der Waals surface area contributed by atoms with Gasteiger partial charge in [0.2, 0.25) is 0 Å². The molecule has 1 atom stereocenters. The lowest BCUT2D eigenvalue weighted by atomic mass is 10.1. The Bertz CT molecular complexity index is 492. The van der Waals surface area contributed by atoms with Crippen molar-refractivity contribution in [2.24, 2.45) is 0 Å². The van der Waals surface area contributed by atoms with Gasteiger partial charge in [0.25, 0.3) is 0 Å². The van der Waals surface area contributed by atoms with Crippen LogP contribution in [0.2, 0.25) is 4.34 Å². The predicted octanol–water partition coefficient (Wildman–Crippen LogP) is 5.79. The van der Waals surface area contributed by atoms with Crippen LogP contribution in [-0.4, -0.2) is 0 Å². The molecule has 16 heavy (non-hydrogen) atoms. The highest BCUT2D eigenvalue weighted by atomic mass is 79.9. The third kappa shape index (κ3) is 2.86. The van der Waals surface area contributed by atoms with Gasteiger partial charge in [-0.05, 0) is 35.9 Å². The molecule has 0 aliphatic heterocycles. The van der Waals surface area contributed by atoms with Crippen molar-refractivity contribution in [3.05, 3.63) is 55.4 Å². The second-order valence-electron chi connectivity index (χ2n) is 3.21. The number of hydrogen-bond donors (Lipinski definition) is 0. The van der Waals surface area contributed by atoms with E-state index in [2.05, 4.69) is 31.9 Å². The van der Waals surface area contributed by atoms with E-state index in [1.54, 1.807) is 0 Å². The highest BCUT2D eigenvalue weighted by molar-refractivity contribution is 9.10. The van der Waals surface area contributed by atoms with Crippen LogP contribution in [0.3, 0.4) is 0 Å². The zero-order valence-corrected chi connectivity index (χ0v) is 12.6. The second kappa shape index (κ2) is 5.17. The standard InChI is InChI=1S/C11H6Br2ClFS/c12-7-3-6(4-8(15)5-7)11(13)9-1-2-10(14)16-9/h1-5,11H. The summed E-state index contributed by atoms with van der Waals surface area (Å²) >= 11 is 14.2. The fourth-order valence-corrected chi connectivity index (χ4v) is 3.60. The summed E-state index contributed by atoms with van der Waals surface area (Å²) in [5.74, 6) is -0.253. The molecule has 0 spiro atoms. The normalized spacial score (nSPS) is 12.8. The lowest BCUT2D eigenvalue weighted by molar-refractivity contribution is 0.625. The van der Waals surface area contributed by atoms with Gasteiger partial charge in [0.15, 0.2) is 0 Å². The average Bonchev–Trinajstić information content (AvgIpc) is 2.62. The summed E-state index contributed by atoms with van der Waals surface area (Å²) in [6, 6.07) is 8.61. The number of alkyl halides is 1. The molecular weight excluding hydrogens is 378 g/mol. The Labute approximate surface area is 119 Å². The molecule has 0 radical (unpaired) electrons. The Morgan fingerprint density at radius 2 is 2.00 bits per heavy atom. The van der Waals surface area contributed by atoms with Crippen LogP contribution in [0.25, 0.3) is 0 Å². The Kier molecular flexibility index (Phi) is 4.06. The predicted molar refractivity (Wildman–Crippen MR) is 74.2 cm³/mol.